The first-order valence-electron chi connectivity index (χ1n) is 9.17. The molecule has 0 aromatic heterocycles. The number of hydrogen-bond donors (Lipinski definition) is 1. The van der Waals surface area contributed by atoms with Crippen LogP contribution in [0.3, 0.4) is 0 Å². The monoisotopic (exact) mass is 486 g/mol. The van der Waals surface area contributed by atoms with E-state index < -0.39 is 16.0 Å². The maximum atomic E-state index is 12.7. The Hall–Kier alpha value is -3.31. The molecule has 0 aliphatic carbocycles. The van der Waals surface area contributed by atoms with Crippen molar-refractivity contribution in [3.8, 4) is 11.8 Å². The van der Waals surface area contributed by atoms with E-state index in [1.165, 1.54) is 36.4 Å². The first-order valence-corrected chi connectivity index (χ1v) is 11.3. The van der Waals surface area contributed by atoms with Crippen LogP contribution in [0, 0.1) is 18.3 Å². The van der Waals surface area contributed by atoms with E-state index in [0.717, 1.165) is 5.56 Å². The summed E-state index contributed by atoms with van der Waals surface area (Å²) in [5.74, 6) is -0.774. The highest BCUT2D eigenvalue weighted by molar-refractivity contribution is 7.87. The summed E-state index contributed by atoms with van der Waals surface area (Å²) in [5, 5.41) is 12.8. The molecule has 1 N–H and O–H groups in total. The quantitative estimate of drug-likeness (QED) is 0.277. The van der Waals surface area contributed by atoms with Crippen molar-refractivity contribution in [3.05, 3.63) is 93.5 Å². The third-order valence-electron chi connectivity index (χ3n) is 4.25. The third kappa shape index (κ3) is 5.89. The fraction of sp³-hybridized carbons (Fsp3) is 0.0435. The number of rotatable bonds is 6. The molecule has 3 aromatic carbocycles. The van der Waals surface area contributed by atoms with Crippen LogP contribution in [0.25, 0.3) is 6.08 Å². The fourth-order valence-electron chi connectivity index (χ4n) is 2.61. The van der Waals surface area contributed by atoms with Crippen molar-refractivity contribution in [1.82, 2.24) is 0 Å². The third-order valence-corrected chi connectivity index (χ3v) is 5.98. The lowest BCUT2D eigenvalue weighted by Gasteiger charge is -2.11. The molecule has 9 heteroatoms. The molecule has 162 valence electrons. The summed E-state index contributed by atoms with van der Waals surface area (Å²) in [5.41, 5.74) is 1.20. The first kappa shape index (κ1) is 23.4. The van der Waals surface area contributed by atoms with E-state index in [4.69, 9.17) is 27.4 Å². The standard InChI is InChI=1S/C23H16Cl2N2O4S/c1-15-2-9-21(10-3-15)32(29,30)31-22-11-6-19(25)13-16(22)12-17(14-26)23(28)27-20-7-4-18(24)5-8-20/h2-13H,1H3,(H,27,28)/b17-12+. The lowest BCUT2D eigenvalue weighted by molar-refractivity contribution is -0.112. The number of carbonyl (C=O) groups excluding carboxylic acids is 1. The number of nitriles is 1. The van der Waals surface area contributed by atoms with E-state index >= 15 is 0 Å². The van der Waals surface area contributed by atoms with Crippen LogP contribution in [0.5, 0.6) is 5.75 Å². The number of carbonyl (C=O) groups is 1. The van der Waals surface area contributed by atoms with Crippen molar-refractivity contribution >= 4 is 51.0 Å². The molecule has 0 saturated heterocycles. The molecule has 0 spiro atoms. The van der Waals surface area contributed by atoms with E-state index in [-0.39, 0.29) is 26.8 Å². The van der Waals surface area contributed by atoms with Crippen LogP contribution in [0.4, 0.5) is 5.69 Å². The van der Waals surface area contributed by atoms with Gasteiger partial charge in [0.05, 0.1) is 0 Å². The molecular formula is C23H16Cl2N2O4S. The van der Waals surface area contributed by atoms with Crippen LogP contribution in [0.1, 0.15) is 11.1 Å². The minimum absolute atomic E-state index is 0.0334. The second-order valence-corrected chi connectivity index (χ2v) is 9.08. The zero-order chi connectivity index (χ0) is 23.3. The highest BCUT2D eigenvalue weighted by Crippen LogP contribution is 2.28. The van der Waals surface area contributed by atoms with Crippen LogP contribution >= 0.6 is 23.2 Å². The Labute approximate surface area is 195 Å². The van der Waals surface area contributed by atoms with Gasteiger partial charge < -0.3 is 9.50 Å². The number of halogens is 2. The predicted molar refractivity (Wildman–Crippen MR) is 124 cm³/mol. The van der Waals surface area contributed by atoms with Gasteiger partial charge in [-0.25, -0.2) is 0 Å². The summed E-state index contributed by atoms with van der Waals surface area (Å²) in [7, 11) is -4.15. The molecular weight excluding hydrogens is 471 g/mol. The van der Waals surface area contributed by atoms with E-state index in [9.17, 15) is 18.5 Å². The second-order valence-electron chi connectivity index (χ2n) is 6.66. The van der Waals surface area contributed by atoms with Crippen LogP contribution in [-0.4, -0.2) is 14.3 Å². The highest BCUT2D eigenvalue weighted by Gasteiger charge is 2.19. The number of aryl methyl sites for hydroxylation is 1. The van der Waals surface area contributed by atoms with Gasteiger partial charge in [-0.05, 0) is 67.6 Å². The lowest BCUT2D eigenvalue weighted by Crippen LogP contribution is -2.14. The Bertz CT molecular complexity index is 1330. The summed E-state index contributed by atoms with van der Waals surface area (Å²) >= 11 is 11.9. The summed E-state index contributed by atoms with van der Waals surface area (Å²) in [6, 6.07) is 18.5. The number of hydrogen-bond acceptors (Lipinski definition) is 5. The van der Waals surface area contributed by atoms with Gasteiger partial charge in [-0.1, -0.05) is 40.9 Å². The van der Waals surface area contributed by atoms with E-state index in [1.54, 1.807) is 42.5 Å². The highest BCUT2D eigenvalue weighted by atomic mass is 35.5. The zero-order valence-electron chi connectivity index (χ0n) is 16.7. The summed E-state index contributed by atoms with van der Waals surface area (Å²) < 4.78 is 30.6. The molecule has 32 heavy (non-hydrogen) atoms. The van der Waals surface area contributed by atoms with Gasteiger partial charge in [0.25, 0.3) is 5.91 Å². The molecule has 0 atom stereocenters. The molecule has 0 fully saturated rings. The van der Waals surface area contributed by atoms with Gasteiger partial charge in [0, 0.05) is 21.3 Å². The SMILES string of the molecule is Cc1ccc(S(=O)(=O)Oc2ccc(Cl)cc2/C=C(\C#N)C(=O)Nc2ccc(Cl)cc2)cc1. The zero-order valence-corrected chi connectivity index (χ0v) is 19.0. The topological polar surface area (TPSA) is 96.3 Å². The normalized spacial score (nSPS) is 11.5. The van der Waals surface area contributed by atoms with Crippen molar-refractivity contribution in [1.29, 1.82) is 5.26 Å². The maximum Gasteiger partial charge on any atom is 0.339 e. The van der Waals surface area contributed by atoms with Gasteiger partial charge in [-0.2, -0.15) is 13.7 Å². The number of nitrogens with zero attached hydrogens (tertiary/aromatic N) is 1. The minimum atomic E-state index is -4.15. The van der Waals surface area contributed by atoms with Crippen LogP contribution in [0.15, 0.2) is 77.2 Å². The van der Waals surface area contributed by atoms with Crippen molar-refractivity contribution in [3.63, 3.8) is 0 Å². The number of nitrogens with one attached hydrogen (secondary N) is 1. The lowest BCUT2D eigenvalue weighted by atomic mass is 10.1. The molecule has 3 aromatic rings. The smallest absolute Gasteiger partial charge is 0.339 e. The van der Waals surface area contributed by atoms with Crippen molar-refractivity contribution in [2.45, 2.75) is 11.8 Å². The molecule has 0 unspecified atom stereocenters. The molecule has 0 bridgehead atoms. The van der Waals surface area contributed by atoms with Crippen LogP contribution in [-0.2, 0) is 14.9 Å². The largest absolute Gasteiger partial charge is 0.378 e. The second kappa shape index (κ2) is 9.88. The molecule has 0 aliphatic heterocycles. The Kier molecular flexibility index (Phi) is 7.21. The van der Waals surface area contributed by atoms with Crippen molar-refractivity contribution in [2.24, 2.45) is 0 Å². The average molecular weight is 487 g/mol. The van der Waals surface area contributed by atoms with Gasteiger partial charge in [0.1, 0.15) is 22.3 Å². The number of anilines is 1. The Morgan fingerprint density at radius 1 is 1.00 bits per heavy atom. The Balaban J connectivity index is 1.93. The average Bonchev–Trinajstić information content (AvgIpc) is 2.75. The van der Waals surface area contributed by atoms with Gasteiger partial charge >= 0.3 is 10.1 Å². The van der Waals surface area contributed by atoms with Crippen LogP contribution in [0.2, 0.25) is 10.0 Å². The molecule has 0 radical (unpaired) electrons. The Morgan fingerprint density at radius 2 is 1.62 bits per heavy atom. The molecule has 3 rings (SSSR count). The van der Waals surface area contributed by atoms with Crippen LogP contribution < -0.4 is 9.50 Å². The van der Waals surface area contributed by atoms with Gasteiger partial charge in [0.2, 0.25) is 0 Å². The van der Waals surface area contributed by atoms with E-state index in [0.29, 0.717) is 10.7 Å². The number of amides is 1. The van der Waals surface area contributed by atoms with Crippen molar-refractivity contribution < 1.29 is 17.4 Å². The number of benzene rings is 3. The molecule has 0 heterocycles. The van der Waals surface area contributed by atoms with Gasteiger partial charge in [-0.3, -0.25) is 4.79 Å². The van der Waals surface area contributed by atoms with E-state index in [1.807, 2.05) is 6.92 Å². The minimum Gasteiger partial charge on any atom is -0.378 e. The Morgan fingerprint density at radius 3 is 2.25 bits per heavy atom. The van der Waals surface area contributed by atoms with E-state index in [2.05, 4.69) is 5.32 Å². The molecule has 0 saturated carbocycles. The first-order chi connectivity index (χ1) is 15.2. The molecule has 0 aliphatic rings. The summed E-state index contributed by atoms with van der Waals surface area (Å²) in [6.45, 7) is 1.83. The molecule has 6 nitrogen and oxygen atoms in total. The van der Waals surface area contributed by atoms with Gasteiger partial charge in [-0.15, -0.1) is 0 Å². The van der Waals surface area contributed by atoms with Gasteiger partial charge in [0.15, 0.2) is 0 Å². The maximum absolute atomic E-state index is 12.7. The predicted octanol–water partition coefficient (Wildman–Crippen LogP) is 5.62. The molecule has 1 amide bonds. The summed E-state index contributed by atoms with van der Waals surface area (Å²) in [6.07, 6.45) is 1.21. The van der Waals surface area contributed by atoms with Crippen molar-refractivity contribution in [2.75, 3.05) is 5.32 Å². The summed E-state index contributed by atoms with van der Waals surface area (Å²) in [4.78, 5) is 12.5. The fourth-order valence-corrected chi connectivity index (χ4v) is 3.88.